The summed E-state index contributed by atoms with van der Waals surface area (Å²) >= 11 is 5.45. The maximum Gasteiger partial charge on any atom is 0.171 e. The van der Waals surface area contributed by atoms with E-state index in [1.165, 1.54) is 43.2 Å². The van der Waals surface area contributed by atoms with E-state index >= 15 is 0 Å². The molecule has 0 radical (unpaired) electrons. The van der Waals surface area contributed by atoms with Crippen molar-refractivity contribution in [3.8, 4) is 0 Å². The van der Waals surface area contributed by atoms with E-state index in [1.807, 2.05) is 0 Å². The van der Waals surface area contributed by atoms with Gasteiger partial charge in [0.2, 0.25) is 0 Å². The zero-order valence-corrected chi connectivity index (χ0v) is 13.0. The van der Waals surface area contributed by atoms with E-state index in [0.29, 0.717) is 0 Å². The molecular weight excluding hydrogens is 252 g/mol. The zero-order valence-electron chi connectivity index (χ0n) is 12.2. The molecule has 19 heavy (non-hydrogen) atoms. The van der Waals surface area contributed by atoms with Crippen molar-refractivity contribution in [3.63, 3.8) is 0 Å². The van der Waals surface area contributed by atoms with Crippen molar-refractivity contribution in [2.24, 2.45) is 0 Å². The van der Waals surface area contributed by atoms with Gasteiger partial charge in [-0.1, -0.05) is 25.3 Å². The van der Waals surface area contributed by atoms with Crippen LogP contribution in [-0.4, -0.2) is 10.7 Å². The molecule has 104 valence electrons. The van der Waals surface area contributed by atoms with Crippen LogP contribution in [-0.2, 0) is 0 Å². The standard InChI is InChI=1S/C16H24N2S/c1-12-9-13(2)11-14(10-12)17-15(19)18-16(3)7-5-4-6-8-16/h9-11H,4-8H2,1-3H3,(H2,17,18,19). The van der Waals surface area contributed by atoms with Gasteiger partial charge in [0, 0.05) is 11.2 Å². The summed E-state index contributed by atoms with van der Waals surface area (Å²) in [5, 5.41) is 7.56. The molecule has 0 bridgehead atoms. The lowest BCUT2D eigenvalue weighted by Crippen LogP contribution is -2.48. The van der Waals surface area contributed by atoms with Crippen LogP contribution in [0.15, 0.2) is 18.2 Å². The van der Waals surface area contributed by atoms with Crippen LogP contribution >= 0.6 is 12.2 Å². The molecule has 2 rings (SSSR count). The summed E-state index contributed by atoms with van der Waals surface area (Å²) in [5.74, 6) is 0. The van der Waals surface area contributed by atoms with Gasteiger partial charge in [0.05, 0.1) is 0 Å². The van der Waals surface area contributed by atoms with Gasteiger partial charge in [-0.05, 0) is 69.1 Å². The van der Waals surface area contributed by atoms with E-state index in [4.69, 9.17) is 12.2 Å². The number of thiocarbonyl (C=S) groups is 1. The highest BCUT2D eigenvalue weighted by Gasteiger charge is 2.27. The molecule has 1 aliphatic rings. The Morgan fingerprint density at radius 1 is 1.05 bits per heavy atom. The molecule has 1 fully saturated rings. The van der Waals surface area contributed by atoms with Gasteiger partial charge < -0.3 is 10.6 Å². The first kappa shape index (κ1) is 14.3. The Morgan fingerprint density at radius 2 is 1.63 bits per heavy atom. The van der Waals surface area contributed by atoms with Gasteiger partial charge in [0.15, 0.2) is 5.11 Å². The molecule has 0 atom stereocenters. The second-order valence-electron chi connectivity index (χ2n) is 6.08. The largest absolute Gasteiger partial charge is 0.357 e. The average Bonchev–Trinajstić information content (AvgIpc) is 2.27. The lowest BCUT2D eigenvalue weighted by molar-refractivity contribution is 0.292. The van der Waals surface area contributed by atoms with Crippen molar-refractivity contribution < 1.29 is 0 Å². The predicted octanol–water partition coefficient (Wildman–Crippen LogP) is 4.31. The minimum Gasteiger partial charge on any atom is -0.357 e. The molecule has 0 unspecified atom stereocenters. The Balaban J connectivity index is 1.97. The third kappa shape index (κ3) is 4.20. The molecule has 0 saturated heterocycles. The maximum absolute atomic E-state index is 5.45. The van der Waals surface area contributed by atoms with Crippen molar-refractivity contribution in [3.05, 3.63) is 29.3 Å². The van der Waals surface area contributed by atoms with E-state index in [0.717, 1.165) is 10.8 Å². The Hall–Kier alpha value is -1.09. The highest BCUT2D eigenvalue weighted by Crippen LogP contribution is 2.27. The Labute approximate surface area is 122 Å². The third-order valence-electron chi connectivity index (χ3n) is 3.85. The van der Waals surface area contributed by atoms with Gasteiger partial charge in [0.1, 0.15) is 0 Å². The summed E-state index contributed by atoms with van der Waals surface area (Å²) in [6.07, 6.45) is 6.38. The highest BCUT2D eigenvalue weighted by atomic mass is 32.1. The number of aryl methyl sites for hydroxylation is 2. The summed E-state index contributed by atoms with van der Waals surface area (Å²) in [6, 6.07) is 6.43. The van der Waals surface area contributed by atoms with Crippen molar-refractivity contribution in [1.29, 1.82) is 0 Å². The maximum atomic E-state index is 5.45. The minimum absolute atomic E-state index is 0.168. The van der Waals surface area contributed by atoms with Crippen LogP contribution in [0.4, 0.5) is 5.69 Å². The number of hydrogen-bond donors (Lipinski definition) is 2. The first-order chi connectivity index (χ1) is 8.97. The second-order valence-corrected chi connectivity index (χ2v) is 6.49. The molecule has 2 nitrogen and oxygen atoms in total. The number of rotatable bonds is 2. The number of anilines is 1. The lowest BCUT2D eigenvalue weighted by Gasteiger charge is -2.35. The Kier molecular flexibility index (Phi) is 4.46. The van der Waals surface area contributed by atoms with Crippen LogP contribution in [0.3, 0.4) is 0 Å². The molecule has 3 heteroatoms. The van der Waals surface area contributed by atoms with Crippen molar-refractivity contribution in [2.45, 2.75) is 58.4 Å². The van der Waals surface area contributed by atoms with E-state index in [2.05, 4.69) is 49.6 Å². The summed E-state index contributed by atoms with van der Waals surface area (Å²) in [5.41, 5.74) is 3.76. The molecular formula is C16H24N2S. The minimum atomic E-state index is 0.168. The van der Waals surface area contributed by atoms with Crippen LogP contribution in [0.1, 0.15) is 50.2 Å². The zero-order chi connectivity index (χ0) is 13.9. The molecule has 2 N–H and O–H groups in total. The SMILES string of the molecule is Cc1cc(C)cc(NC(=S)NC2(C)CCCCC2)c1. The van der Waals surface area contributed by atoms with Gasteiger partial charge >= 0.3 is 0 Å². The summed E-state index contributed by atoms with van der Waals surface area (Å²) in [4.78, 5) is 0. The molecule has 1 aliphatic carbocycles. The van der Waals surface area contributed by atoms with E-state index in [1.54, 1.807) is 0 Å². The second kappa shape index (κ2) is 5.91. The van der Waals surface area contributed by atoms with E-state index < -0.39 is 0 Å². The summed E-state index contributed by atoms with van der Waals surface area (Å²) in [6.45, 7) is 6.50. The number of nitrogens with one attached hydrogen (secondary N) is 2. The molecule has 0 aliphatic heterocycles. The fourth-order valence-electron chi connectivity index (χ4n) is 2.94. The fraction of sp³-hybridized carbons (Fsp3) is 0.562. The predicted molar refractivity (Wildman–Crippen MR) is 86.8 cm³/mol. The molecule has 1 aromatic carbocycles. The average molecular weight is 276 g/mol. The monoisotopic (exact) mass is 276 g/mol. The van der Waals surface area contributed by atoms with E-state index in [9.17, 15) is 0 Å². The molecule has 0 heterocycles. The lowest BCUT2D eigenvalue weighted by atomic mass is 9.83. The normalized spacial score (nSPS) is 17.8. The van der Waals surface area contributed by atoms with Crippen LogP contribution in [0.2, 0.25) is 0 Å². The van der Waals surface area contributed by atoms with Crippen molar-refractivity contribution >= 4 is 23.0 Å². The van der Waals surface area contributed by atoms with Crippen LogP contribution < -0.4 is 10.6 Å². The van der Waals surface area contributed by atoms with Crippen LogP contribution in [0, 0.1) is 13.8 Å². The van der Waals surface area contributed by atoms with Gasteiger partial charge in [-0.15, -0.1) is 0 Å². The quantitative estimate of drug-likeness (QED) is 0.787. The van der Waals surface area contributed by atoms with Gasteiger partial charge in [-0.2, -0.15) is 0 Å². The highest BCUT2D eigenvalue weighted by molar-refractivity contribution is 7.80. The van der Waals surface area contributed by atoms with Gasteiger partial charge in [-0.25, -0.2) is 0 Å². The molecule has 0 aromatic heterocycles. The van der Waals surface area contributed by atoms with Gasteiger partial charge in [0.25, 0.3) is 0 Å². The van der Waals surface area contributed by atoms with Crippen molar-refractivity contribution in [2.75, 3.05) is 5.32 Å². The number of hydrogen-bond acceptors (Lipinski definition) is 1. The molecule has 1 saturated carbocycles. The van der Waals surface area contributed by atoms with Crippen molar-refractivity contribution in [1.82, 2.24) is 5.32 Å². The van der Waals surface area contributed by atoms with Crippen LogP contribution in [0.5, 0.6) is 0 Å². The topological polar surface area (TPSA) is 24.1 Å². The Bertz CT molecular complexity index is 442. The third-order valence-corrected chi connectivity index (χ3v) is 4.06. The van der Waals surface area contributed by atoms with Gasteiger partial charge in [-0.3, -0.25) is 0 Å². The van der Waals surface area contributed by atoms with E-state index in [-0.39, 0.29) is 5.54 Å². The Morgan fingerprint density at radius 3 is 2.21 bits per heavy atom. The number of benzene rings is 1. The summed E-state index contributed by atoms with van der Waals surface area (Å²) < 4.78 is 0. The fourth-order valence-corrected chi connectivity index (χ4v) is 3.30. The summed E-state index contributed by atoms with van der Waals surface area (Å²) in [7, 11) is 0. The van der Waals surface area contributed by atoms with Crippen LogP contribution in [0.25, 0.3) is 0 Å². The molecule has 0 spiro atoms. The smallest absolute Gasteiger partial charge is 0.171 e. The first-order valence-electron chi connectivity index (χ1n) is 7.14. The first-order valence-corrected chi connectivity index (χ1v) is 7.55. The molecule has 1 aromatic rings. The molecule has 0 amide bonds.